The zero-order valence-electron chi connectivity index (χ0n) is 10.0. The molecular formula is C10H17BrN4O2. The van der Waals surface area contributed by atoms with Gasteiger partial charge in [-0.25, -0.2) is 4.98 Å². The van der Waals surface area contributed by atoms with Gasteiger partial charge >= 0.3 is 0 Å². The molecule has 96 valence electrons. The standard InChI is InChI=1S/C10H17BrN4O2/c1-16-6-5-15(4-3-12)10-13-7-8(11)9(14-10)17-2/h7H,3-6,12H2,1-2H3. The van der Waals surface area contributed by atoms with Gasteiger partial charge in [0.05, 0.1) is 24.4 Å². The number of halogens is 1. The second kappa shape index (κ2) is 7.41. The van der Waals surface area contributed by atoms with Crippen LogP contribution in [0.15, 0.2) is 10.7 Å². The molecule has 0 fully saturated rings. The summed E-state index contributed by atoms with van der Waals surface area (Å²) < 4.78 is 10.9. The summed E-state index contributed by atoms with van der Waals surface area (Å²) >= 11 is 3.31. The fourth-order valence-corrected chi connectivity index (χ4v) is 1.66. The van der Waals surface area contributed by atoms with E-state index in [4.69, 9.17) is 15.2 Å². The lowest BCUT2D eigenvalue weighted by molar-refractivity contribution is 0.205. The lowest BCUT2D eigenvalue weighted by Crippen LogP contribution is -2.33. The lowest BCUT2D eigenvalue weighted by Gasteiger charge is -2.21. The highest BCUT2D eigenvalue weighted by Crippen LogP contribution is 2.23. The molecule has 6 nitrogen and oxygen atoms in total. The van der Waals surface area contributed by atoms with Crippen LogP contribution in [0.2, 0.25) is 0 Å². The van der Waals surface area contributed by atoms with Crippen LogP contribution in [0.25, 0.3) is 0 Å². The van der Waals surface area contributed by atoms with Crippen LogP contribution in [0.1, 0.15) is 0 Å². The Bertz CT molecular complexity index is 351. The van der Waals surface area contributed by atoms with E-state index in [0.717, 1.165) is 4.47 Å². The van der Waals surface area contributed by atoms with Crippen molar-refractivity contribution in [2.24, 2.45) is 5.73 Å². The topological polar surface area (TPSA) is 73.5 Å². The number of hydrogen-bond acceptors (Lipinski definition) is 6. The summed E-state index contributed by atoms with van der Waals surface area (Å²) in [6, 6.07) is 0. The number of ether oxygens (including phenoxy) is 2. The molecule has 1 rings (SSSR count). The maximum Gasteiger partial charge on any atom is 0.232 e. The molecule has 7 heteroatoms. The summed E-state index contributed by atoms with van der Waals surface area (Å²) in [5.74, 6) is 1.10. The Balaban J connectivity index is 2.85. The van der Waals surface area contributed by atoms with E-state index in [-0.39, 0.29) is 0 Å². The predicted molar refractivity (Wildman–Crippen MR) is 69.4 cm³/mol. The van der Waals surface area contributed by atoms with Crippen molar-refractivity contribution in [2.75, 3.05) is 45.4 Å². The Hall–Kier alpha value is -0.920. The Morgan fingerprint density at radius 2 is 2.18 bits per heavy atom. The molecule has 0 aliphatic rings. The van der Waals surface area contributed by atoms with Crippen molar-refractivity contribution in [3.05, 3.63) is 10.7 Å². The zero-order chi connectivity index (χ0) is 12.7. The smallest absolute Gasteiger partial charge is 0.232 e. The van der Waals surface area contributed by atoms with Crippen molar-refractivity contribution in [2.45, 2.75) is 0 Å². The van der Waals surface area contributed by atoms with Crippen molar-refractivity contribution >= 4 is 21.9 Å². The molecule has 17 heavy (non-hydrogen) atoms. The summed E-state index contributed by atoms with van der Waals surface area (Å²) in [4.78, 5) is 10.5. The minimum atomic E-state index is 0.509. The molecule has 2 N–H and O–H groups in total. The molecule has 0 spiro atoms. The molecule has 1 aromatic heterocycles. The van der Waals surface area contributed by atoms with E-state index < -0.39 is 0 Å². The van der Waals surface area contributed by atoms with Gasteiger partial charge in [0.25, 0.3) is 0 Å². The molecule has 0 radical (unpaired) electrons. The monoisotopic (exact) mass is 304 g/mol. The Morgan fingerprint density at radius 1 is 1.41 bits per heavy atom. The number of aromatic nitrogens is 2. The molecule has 1 aromatic rings. The van der Waals surface area contributed by atoms with Crippen LogP contribution in [0.4, 0.5) is 5.95 Å². The number of anilines is 1. The molecule has 0 aliphatic heterocycles. The first-order valence-corrected chi connectivity index (χ1v) is 6.02. The van der Waals surface area contributed by atoms with Crippen molar-refractivity contribution in [1.29, 1.82) is 0 Å². The van der Waals surface area contributed by atoms with E-state index in [0.29, 0.717) is 38.1 Å². The van der Waals surface area contributed by atoms with E-state index in [1.54, 1.807) is 20.4 Å². The number of nitrogens with two attached hydrogens (primary N) is 1. The molecule has 0 aliphatic carbocycles. The second-order valence-corrected chi connectivity index (χ2v) is 4.15. The minimum absolute atomic E-state index is 0.509. The van der Waals surface area contributed by atoms with Gasteiger partial charge in [0, 0.05) is 26.7 Å². The van der Waals surface area contributed by atoms with Gasteiger partial charge in [0.2, 0.25) is 11.8 Å². The van der Waals surface area contributed by atoms with E-state index in [1.807, 2.05) is 4.90 Å². The lowest BCUT2D eigenvalue weighted by atomic mass is 10.5. The highest BCUT2D eigenvalue weighted by atomic mass is 79.9. The first kappa shape index (κ1) is 14.1. The van der Waals surface area contributed by atoms with Crippen LogP contribution < -0.4 is 15.4 Å². The Labute approximate surface area is 109 Å². The number of nitrogens with zero attached hydrogens (tertiary/aromatic N) is 3. The second-order valence-electron chi connectivity index (χ2n) is 3.30. The Kier molecular flexibility index (Phi) is 6.17. The van der Waals surface area contributed by atoms with Gasteiger partial charge in [-0.3, -0.25) is 0 Å². The maximum absolute atomic E-state index is 5.56. The summed E-state index contributed by atoms with van der Waals surface area (Å²) in [7, 11) is 3.23. The van der Waals surface area contributed by atoms with Gasteiger partial charge in [-0.05, 0) is 15.9 Å². The normalized spacial score (nSPS) is 10.4. The van der Waals surface area contributed by atoms with Gasteiger partial charge in [-0.15, -0.1) is 0 Å². The average Bonchev–Trinajstić information content (AvgIpc) is 2.35. The fraction of sp³-hybridized carbons (Fsp3) is 0.600. The van der Waals surface area contributed by atoms with Gasteiger partial charge in [-0.2, -0.15) is 4.98 Å². The van der Waals surface area contributed by atoms with Gasteiger partial charge in [0.1, 0.15) is 0 Å². The van der Waals surface area contributed by atoms with E-state index in [1.165, 1.54) is 0 Å². The highest BCUT2D eigenvalue weighted by molar-refractivity contribution is 9.10. The highest BCUT2D eigenvalue weighted by Gasteiger charge is 2.11. The number of methoxy groups -OCH3 is 2. The average molecular weight is 305 g/mol. The largest absolute Gasteiger partial charge is 0.480 e. The van der Waals surface area contributed by atoms with Crippen LogP contribution in [0, 0.1) is 0 Å². The predicted octanol–water partition coefficient (Wildman–Crippen LogP) is 0.659. The third kappa shape index (κ3) is 4.10. The van der Waals surface area contributed by atoms with Crippen LogP contribution >= 0.6 is 15.9 Å². The van der Waals surface area contributed by atoms with Gasteiger partial charge in [0.15, 0.2) is 0 Å². The van der Waals surface area contributed by atoms with Crippen molar-refractivity contribution in [1.82, 2.24) is 9.97 Å². The molecule has 0 aromatic carbocycles. The van der Waals surface area contributed by atoms with Gasteiger partial charge < -0.3 is 20.1 Å². The molecule has 0 atom stereocenters. The van der Waals surface area contributed by atoms with E-state index in [2.05, 4.69) is 25.9 Å². The first-order chi connectivity index (χ1) is 8.22. The molecule has 0 bridgehead atoms. The number of hydrogen-bond donors (Lipinski definition) is 1. The third-order valence-electron chi connectivity index (χ3n) is 2.14. The summed E-state index contributed by atoms with van der Waals surface area (Å²) in [6.07, 6.45) is 1.66. The molecule has 0 saturated heterocycles. The minimum Gasteiger partial charge on any atom is -0.480 e. The molecule has 0 amide bonds. The first-order valence-electron chi connectivity index (χ1n) is 5.23. The van der Waals surface area contributed by atoms with E-state index in [9.17, 15) is 0 Å². The van der Waals surface area contributed by atoms with E-state index >= 15 is 0 Å². The molecule has 0 unspecified atom stereocenters. The third-order valence-corrected chi connectivity index (χ3v) is 2.68. The van der Waals surface area contributed by atoms with Crippen molar-refractivity contribution < 1.29 is 9.47 Å². The maximum atomic E-state index is 5.56. The van der Waals surface area contributed by atoms with Crippen LogP contribution in [-0.4, -0.2) is 50.4 Å². The van der Waals surface area contributed by atoms with Crippen LogP contribution in [0.3, 0.4) is 0 Å². The quantitative estimate of drug-likeness (QED) is 0.798. The summed E-state index contributed by atoms with van der Waals surface area (Å²) in [6.45, 7) is 2.50. The summed E-state index contributed by atoms with van der Waals surface area (Å²) in [5.41, 5.74) is 5.56. The summed E-state index contributed by atoms with van der Waals surface area (Å²) in [5, 5.41) is 0. The van der Waals surface area contributed by atoms with Crippen LogP contribution in [0.5, 0.6) is 5.88 Å². The fourth-order valence-electron chi connectivity index (χ4n) is 1.31. The van der Waals surface area contributed by atoms with Crippen LogP contribution in [-0.2, 0) is 4.74 Å². The molecular weight excluding hydrogens is 288 g/mol. The van der Waals surface area contributed by atoms with Crippen molar-refractivity contribution in [3.8, 4) is 5.88 Å². The van der Waals surface area contributed by atoms with Crippen molar-refractivity contribution in [3.63, 3.8) is 0 Å². The molecule has 0 saturated carbocycles. The van der Waals surface area contributed by atoms with Gasteiger partial charge in [-0.1, -0.05) is 0 Å². The SMILES string of the molecule is COCCN(CCN)c1ncc(Br)c(OC)n1. The zero-order valence-corrected chi connectivity index (χ0v) is 11.6. The number of rotatable bonds is 7. The molecule has 1 heterocycles. The Morgan fingerprint density at radius 3 is 2.76 bits per heavy atom.